The van der Waals surface area contributed by atoms with E-state index in [-0.39, 0.29) is 19.2 Å². The van der Waals surface area contributed by atoms with Gasteiger partial charge in [0.15, 0.2) is 11.5 Å². The third-order valence-electron chi connectivity index (χ3n) is 5.36. The summed E-state index contributed by atoms with van der Waals surface area (Å²) in [5.74, 6) is -2.16. The number of nitrogens with zero attached hydrogens (tertiary/aromatic N) is 1. The lowest BCUT2D eigenvalue weighted by atomic mass is 10.2. The predicted octanol–water partition coefficient (Wildman–Crippen LogP) is 2.68. The van der Waals surface area contributed by atoms with Crippen molar-refractivity contribution in [3.63, 3.8) is 0 Å². The number of ether oxygens (including phenoxy) is 2. The standard InChI is InChI=1S/C22H27N3O3.C2H2O4/c26-22(15-23-14-17-9-10-20-21(13-17)28-16-27-20)24-18-7-3-4-8-19(18)25-11-5-1-2-6-12-25;3-1(4)2(5)6/h3-4,7-10,13,23H,1-2,5-6,11-12,14-16H2,(H,24,26);(H,3,4)(H,5,6). The molecule has 0 radical (unpaired) electrons. The van der Waals surface area contributed by atoms with Crippen LogP contribution in [0.25, 0.3) is 0 Å². The fraction of sp³-hybridized carbons (Fsp3) is 0.375. The summed E-state index contributed by atoms with van der Waals surface area (Å²) in [5, 5.41) is 21.1. The summed E-state index contributed by atoms with van der Waals surface area (Å²) in [6.07, 6.45) is 4.99. The van der Waals surface area contributed by atoms with Crippen molar-refractivity contribution in [1.82, 2.24) is 5.32 Å². The minimum atomic E-state index is -1.82. The zero-order valence-corrected chi connectivity index (χ0v) is 18.8. The molecule has 1 saturated heterocycles. The van der Waals surface area contributed by atoms with Crippen LogP contribution in [-0.2, 0) is 20.9 Å². The van der Waals surface area contributed by atoms with Gasteiger partial charge in [0.1, 0.15) is 0 Å². The van der Waals surface area contributed by atoms with Crippen molar-refractivity contribution < 1.29 is 34.1 Å². The van der Waals surface area contributed by atoms with E-state index in [2.05, 4.69) is 21.6 Å². The van der Waals surface area contributed by atoms with E-state index in [9.17, 15) is 4.79 Å². The Morgan fingerprint density at radius 2 is 1.56 bits per heavy atom. The van der Waals surface area contributed by atoms with Crippen LogP contribution >= 0.6 is 0 Å². The molecule has 34 heavy (non-hydrogen) atoms. The number of carboxylic acids is 2. The highest BCUT2D eigenvalue weighted by Gasteiger charge is 2.15. The van der Waals surface area contributed by atoms with E-state index in [0.717, 1.165) is 41.5 Å². The van der Waals surface area contributed by atoms with Gasteiger partial charge in [-0.05, 0) is 42.7 Å². The lowest BCUT2D eigenvalue weighted by Gasteiger charge is -2.25. The van der Waals surface area contributed by atoms with Crippen LogP contribution in [0.15, 0.2) is 42.5 Å². The summed E-state index contributed by atoms with van der Waals surface area (Å²) < 4.78 is 10.7. The van der Waals surface area contributed by atoms with Gasteiger partial charge in [-0.1, -0.05) is 31.0 Å². The van der Waals surface area contributed by atoms with E-state index in [0.29, 0.717) is 6.54 Å². The minimum absolute atomic E-state index is 0.0389. The van der Waals surface area contributed by atoms with Gasteiger partial charge in [0.25, 0.3) is 0 Å². The van der Waals surface area contributed by atoms with Gasteiger partial charge in [0.05, 0.1) is 17.9 Å². The molecule has 4 N–H and O–H groups in total. The Morgan fingerprint density at radius 3 is 2.26 bits per heavy atom. The maximum Gasteiger partial charge on any atom is 0.414 e. The smallest absolute Gasteiger partial charge is 0.414 e. The van der Waals surface area contributed by atoms with Gasteiger partial charge in [-0.2, -0.15) is 0 Å². The van der Waals surface area contributed by atoms with Crippen LogP contribution in [-0.4, -0.2) is 54.5 Å². The Hall–Kier alpha value is -3.79. The number of para-hydroxylation sites is 2. The van der Waals surface area contributed by atoms with Gasteiger partial charge in [-0.25, -0.2) is 9.59 Å². The first kappa shape index (κ1) is 24.8. The topological polar surface area (TPSA) is 137 Å². The van der Waals surface area contributed by atoms with Gasteiger partial charge in [0.2, 0.25) is 12.7 Å². The second-order valence-corrected chi connectivity index (χ2v) is 7.87. The number of fused-ring (bicyclic) bond motifs is 1. The number of carbonyl (C=O) groups excluding carboxylic acids is 1. The molecule has 0 saturated carbocycles. The zero-order chi connectivity index (χ0) is 24.3. The van der Waals surface area contributed by atoms with Crippen LogP contribution < -0.4 is 25.0 Å². The van der Waals surface area contributed by atoms with Crippen LogP contribution in [0, 0.1) is 0 Å². The molecule has 2 aliphatic rings. The second kappa shape index (κ2) is 12.4. The molecule has 2 aliphatic heterocycles. The third kappa shape index (κ3) is 7.38. The molecule has 1 amide bonds. The number of carboxylic acid groups (broad SMARTS) is 2. The van der Waals surface area contributed by atoms with Crippen molar-refractivity contribution in [1.29, 1.82) is 0 Å². The van der Waals surface area contributed by atoms with E-state index in [1.807, 2.05) is 36.4 Å². The fourth-order valence-corrected chi connectivity index (χ4v) is 3.73. The van der Waals surface area contributed by atoms with Gasteiger partial charge in [-0.15, -0.1) is 0 Å². The van der Waals surface area contributed by atoms with E-state index < -0.39 is 11.9 Å². The van der Waals surface area contributed by atoms with Crippen LogP contribution in [0.5, 0.6) is 11.5 Å². The highest BCUT2D eigenvalue weighted by atomic mass is 16.7. The van der Waals surface area contributed by atoms with E-state index in [4.69, 9.17) is 29.3 Å². The Kier molecular flexibility index (Phi) is 9.10. The van der Waals surface area contributed by atoms with Crippen molar-refractivity contribution in [2.45, 2.75) is 32.2 Å². The van der Waals surface area contributed by atoms with Crippen LogP contribution in [0.4, 0.5) is 11.4 Å². The zero-order valence-electron chi connectivity index (χ0n) is 18.8. The number of benzene rings is 2. The number of hydrogen-bond acceptors (Lipinski definition) is 7. The normalized spacial score (nSPS) is 14.4. The molecule has 2 aromatic rings. The van der Waals surface area contributed by atoms with Gasteiger partial charge in [-0.3, -0.25) is 4.79 Å². The summed E-state index contributed by atoms with van der Waals surface area (Å²) in [5.41, 5.74) is 3.06. The lowest BCUT2D eigenvalue weighted by molar-refractivity contribution is -0.159. The minimum Gasteiger partial charge on any atom is -0.473 e. The molecule has 0 spiro atoms. The molecule has 1 fully saturated rings. The summed E-state index contributed by atoms with van der Waals surface area (Å²) in [6.45, 7) is 3.22. The summed E-state index contributed by atoms with van der Waals surface area (Å²) in [4.78, 5) is 33.0. The van der Waals surface area contributed by atoms with E-state index in [1.165, 1.54) is 25.7 Å². The largest absolute Gasteiger partial charge is 0.473 e. The monoisotopic (exact) mass is 471 g/mol. The second-order valence-electron chi connectivity index (χ2n) is 7.87. The molecule has 0 bridgehead atoms. The molecule has 2 heterocycles. The average molecular weight is 472 g/mol. The maximum atomic E-state index is 12.5. The summed E-state index contributed by atoms with van der Waals surface area (Å²) in [7, 11) is 0. The summed E-state index contributed by atoms with van der Waals surface area (Å²) in [6, 6.07) is 13.9. The number of rotatable bonds is 6. The van der Waals surface area contributed by atoms with Crippen molar-refractivity contribution in [2.75, 3.05) is 36.6 Å². The van der Waals surface area contributed by atoms with Crippen LogP contribution in [0.2, 0.25) is 0 Å². The first-order chi connectivity index (χ1) is 16.4. The van der Waals surface area contributed by atoms with Crippen molar-refractivity contribution in [3.05, 3.63) is 48.0 Å². The molecular formula is C24H29N3O7. The van der Waals surface area contributed by atoms with Crippen molar-refractivity contribution in [3.8, 4) is 11.5 Å². The number of anilines is 2. The molecule has 4 rings (SSSR count). The van der Waals surface area contributed by atoms with Gasteiger partial charge in [0, 0.05) is 19.6 Å². The molecule has 2 aromatic carbocycles. The first-order valence-electron chi connectivity index (χ1n) is 11.1. The number of carbonyl (C=O) groups is 3. The summed E-state index contributed by atoms with van der Waals surface area (Å²) >= 11 is 0. The maximum absolute atomic E-state index is 12.5. The molecule has 10 nitrogen and oxygen atoms in total. The molecule has 182 valence electrons. The number of hydrogen-bond donors (Lipinski definition) is 4. The quantitative estimate of drug-likeness (QED) is 0.469. The van der Waals surface area contributed by atoms with E-state index in [1.54, 1.807) is 0 Å². The van der Waals surface area contributed by atoms with Gasteiger partial charge >= 0.3 is 11.9 Å². The van der Waals surface area contributed by atoms with Crippen molar-refractivity contribution >= 4 is 29.2 Å². The number of amides is 1. The molecule has 0 aromatic heterocycles. The van der Waals surface area contributed by atoms with Crippen LogP contribution in [0.1, 0.15) is 31.2 Å². The molecule has 0 atom stereocenters. The van der Waals surface area contributed by atoms with E-state index >= 15 is 0 Å². The Balaban J connectivity index is 0.000000481. The Morgan fingerprint density at radius 1 is 0.882 bits per heavy atom. The SMILES string of the molecule is O=C(CNCc1ccc2c(c1)OCO2)Nc1ccccc1N1CCCCCC1.O=C(O)C(=O)O. The molecule has 0 aliphatic carbocycles. The fourth-order valence-electron chi connectivity index (χ4n) is 3.73. The highest BCUT2D eigenvalue weighted by Crippen LogP contribution is 2.32. The van der Waals surface area contributed by atoms with Crippen molar-refractivity contribution in [2.24, 2.45) is 0 Å². The molecule has 0 unspecified atom stereocenters. The predicted molar refractivity (Wildman–Crippen MR) is 125 cm³/mol. The Bertz CT molecular complexity index is 992. The lowest BCUT2D eigenvalue weighted by Crippen LogP contribution is -2.29. The Labute approximate surface area is 197 Å². The molecular weight excluding hydrogens is 442 g/mol. The first-order valence-corrected chi connectivity index (χ1v) is 11.1. The number of nitrogens with one attached hydrogen (secondary N) is 2. The van der Waals surface area contributed by atoms with Gasteiger partial charge < -0.3 is 35.2 Å². The third-order valence-corrected chi connectivity index (χ3v) is 5.36. The molecule has 10 heteroatoms. The van der Waals surface area contributed by atoms with Crippen LogP contribution in [0.3, 0.4) is 0 Å². The number of aliphatic carboxylic acids is 2. The highest BCUT2D eigenvalue weighted by molar-refractivity contribution is 6.27. The average Bonchev–Trinajstić information content (AvgIpc) is 3.12.